The predicted octanol–water partition coefficient (Wildman–Crippen LogP) is 2.56. The van der Waals surface area contributed by atoms with E-state index in [1.165, 1.54) is 0 Å². The molecule has 0 radical (unpaired) electrons. The Labute approximate surface area is 115 Å². The van der Waals surface area contributed by atoms with Crippen LogP contribution in [-0.2, 0) is 9.47 Å². The first kappa shape index (κ1) is 16.0. The van der Waals surface area contributed by atoms with Crippen molar-refractivity contribution in [3.05, 3.63) is 29.8 Å². The molecule has 0 saturated heterocycles. The van der Waals surface area contributed by atoms with Crippen LogP contribution in [0.5, 0.6) is 5.75 Å². The van der Waals surface area contributed by atoms with Crippen molar-refractivity contribution in [2.45, 2.75) is 32.5 Å². The topological polar surface area (TPSA) is 47.9 Å². The van der Waals surface area contributed by atoms with Crippen molar-refractivity contribution in [3.8, 4) is 5.75 Å². The molecule has 108 valence electrons. The maximum absolute atomic E-state index is 10.1. The Kier molecular flexibility index (Phi) is 7.48. The van der Waals surface area contributed by atoms with Gasteiger partial charge in [0.2, 0.25) is 0 Å². The van der Waals surface area contributed by atoms with E-state index in [0.29, 0.717) is 26.2 Å². The molecule has 1 aromatic carbocycles. The van der Waals surface area contributed by atoms with Crippen molar-refractivity contribution in [3.63, 3.8) is 0 Å². The highest BCUT2D eigenvalue weighted by Crippen LogP contribution is 2.22. The first-order valence-electron chi connectivity index (χ1n) is 6.65. The molecular weight excluding hydrogens is 244 g/mol. The summed E-state index contributed by atoms with van der Waals surface area (Å²) in [4.78, 5) is 0. The van der Waals surface area contributed by atoms with Crippen molar-refractivity contribution in [1.82, 2.24) is 0 Å². The van der Waals surface area contributed by atoms with Gasteiger partial charge >= 0.3 is 0 Å². The fourth-order valence-electron chi connectivity index (χ4n) is 1.67. The van der Waals surface area contributed by atoms with Crippen molar-refractivity contribution in [2.24, 2.45) is 0 Å². The molecule has 1 unspecified atom stereocenters. The van der Waals surface area contributed by atoms with Crippen LogP contribution in [0.1, 0.15) is 31.9 Å². The summed E-state index contributed by atoms with van der Waals surface area (Å²) >= 11 is 0. The third-order valence-electron chi connectivity index (χ3n) is 2.58. The summed E-state index contributed by atoms with van der Waals surface area (Å²) in [5.74, 6) is 0.784. The molecule has 0 saturated carbocycles. The van der Waals surface area contributed by atoms with Gasteiger partial charge in [0.15, 0.2) is 0 Å². The Morgan fingerprint density at radius 3 is 2.63 bits per heavy atom. The average molecular weight is 268 g/mol. The van der Waals surface area contributed by atoms with Crippen molar-refractivity contribution in [1.29, 1.82) is 0 Å². The van der Waals surface area contributed by atoms with E-state index >= 15 is 0 Å². The largest absolute Gasteiger partial charge is 0.491 e. The molecule has 0 aliphatic rings. The highest BCUT2D eigenvalue weighted by Gasteiger charge is 2.09. The Hall–Kier alpha value is -1.10. The standard InChI is InChI=1S/C15H24O4/c1-12(2)19-14-6-4-5-13(11-14)15(16)7-8-18-10-9-17-3/h4-6,11-12,15-16H,7-10H2,1-3H3. The first-order chi connectivity index (χ1) is 9.13. The van der Waals surface area contributed by atoms with Crippen LogP contribution in [-0.4, -0.2) is 38.1 Å². The van der Waals surface area contributed by atoms with Gasteiger partial charge in [-0.1, -0.05) is 12.1 Å². The summed E-state index contributed by atoms with van der Waals surface area (Å²) in [6, 6.07) is 7.56. The van der Waals surface area contributed by atoms with Crippen LogP contribution in [0.3, 0.4) is 0 Å². The lowest BCUT2D eigenvalue weighted by molar-refractivity contribution is 0.0475. The fourth-order valence-corrected chi connectivity index (χ4v) is 1.67. The van der Waals surface area contributed by atoms with E-state index in [0.717, 1.165) is 11.3 Å². The number of hydrogen-bond donors (Lipinski definition) is 1. The normalized spacial score (nSPS) is 12.7. The van der Waals surface area contributed by atoms with Crippen molar-refractivity contribution < 1.29 is 19.3 Å². The van der Waals surface area contributed by atoms with Gasteiger partial charge in [0.25, 0.3) is 0 Å². The minimum absolute atomic E-state index is 0.129. The molecule has 19 heavy (non-hydrogen) atoms. The molecule has 0 fully saturated rings. The second-order valence-corrected chi connectivity index (χ2v) is 4.65. The lowest BCUT2D eigenvalue weighted by atomic mass is 10.1. The third-order valence-corrected chi connectivity index (χ3v) is 2.58. The van der Waals surface area contributed by atoms with Gasteiger partial charge in [-0.3, -0.25) is 0 Å². The Morgan fingerprint density at radius 2 is 1.95 bits per heavy atom. The molecule has 1 aromatic rings. The molecule has 1 atom stereocenters. The molecular formula is C15H24O4. The smallest absolute Gasteiger partial charge is 0.120 e. The van der Waals surface area contributed by atoms with Gasteiger partial charge in [0.1, 0.15) is 5.75 Å². The van der Waals surface area contributed by atoms with Gasteiger partial charge in [-0.15, -0.1) is 0 Å². The Bertz CT molecular complexity index is 352. The number of aliphatic hydroxyl groups excluding tert-OH is 1. The molecule has 0 aliphatic heterocycles. The third kappa shape index (κ3) is 6.57. The zero-order valence-electron chi connectivity index (χ0n) is 12.0. The predicted molar refractivity (Wildman–Crippen MR) is 74.5 cm³/mol. The number of hydrogen-bond acceptors (Lipinski definition) is 4. The summed E-state index contributed by atoms with van der Waals surface area (Å²) in [6.45, 7) is 5.60. The second-order valence-electron chi connectivity index (χ2n) is 4.65. The molecule has 1 rings (SSSR count). The maximum Gasteiger partial charge on any atom is 0.120 e. The highest BCUT2D eigenvalue weighted by atomic mass is 16.5. The van der Waals surface area contributed by atoms with Crippen LogP contribution in [0, 0.1) is 0 Å². The second kappa shape index (κ2) is 8.91. The number of ether oxygens (including phenoxy) is 3. The number of methoxy groups -OCH3 is 1. The zero-order chi connectivity index (χ0) is 14.1. The van der Waals surface area contributed by atoms with Gasteiger partial charge in [-0.25, -0.2) is 0 Å². The number of benzene rings is 1. The summed E-state index contributed by atoms with van der Waals surface area (Å²) in [5.41, 5.74) is 0.855. The molecule has 0 aliphatic carbocycles. The molecule has 0 aromatic heterocycles. The van der Waals surface area contributed by atoms with Crippen molar-refractivity contribution in [2.75, 3.05) is 26.9 Å². The van der Waals surface area contributed by atoms with Crippen LogP contribution in [0.2, 0.25) is 0 Å². The molecule has 0 spiro atoms. The Balaban J connectivity index is 2.40. The molecule has 0 amide bonds. The van der Waals surface area contributed by atoms with E-state index in [1.54, 1.807) is 7.11 Å². The Morgan fingerprint density at radius 1 is 1.16 bits per heavy atom. The van der Waals surface area contributed by atoms with E-state index in [4.69, 9.17) is 14.2 Å². The molecule has 0 bridgehead atoms. The van der Waals surface area contributed by atoms with Gasteiger partial charge in [0, 0.05) is 20.1 Å². The van der Waals surface area contributed by atoms with Crippen LogP contribution in [0.15, 0.2) is 24.3 Å². The summed E-state index contributed by atoms with van der Waals surface area (Å²) in [6.07, 6.45) is 0.164. The van der Waals surface area contributed by atoms with Gasteiger partial charge in [0.05, 0.1) is 25.4 Å². The van der Waals surface area contributed by atoms with E-state index in [-0.39, 0.29) is 6.10 Å². The minimum Gasteiger partial charge on any atom is -0.491 e. The van der Waals surface area contributed by atoms with Gasteiger partial charge < -0.3 is 19.3 Å². The molecule has 4 nitrogen and oxygen atoms in total. The summed E-state index contributed by atoms with van der Waals surface area (Å²) in [7, 11) is 1.64. The lowest BCUT2D eigenvalue weighted by Crippen LogP contribution is -2.08. The molecule has 0 heterocycles. The van der Waals surface area contributed by atoms with E-state index in [9.17, 15) is 5.11 Å². The van der Waals surface area contributed by atoms with Gasteiger partial charge in [-0.05, 0) is 31.5 Å². The zero-order valence-corrected chi connectivity index (χ0v) is 12.0. The van der Waals surface area contributed by atoms with Crippen LogP contribution < -0.4 is 4.74 Å². The molecule has 1 N–H and O–H groups in total. The fraction of sp³-hybridized carbons (Fsp3) is 0.600. The van der Waals surface area contributed by atoms with E-state index < -0.39 is 6.10 Å². The summed E-state index contributed by atoms with van der Waals surface area (Å²) in [5, 5.41) is 10.1. The number of rotatable bonds is 9. The average Bonchev–Trinajstić information content (AvgIpc) is 2.38. The van der Waals surface area contributed by atoms with E-state index in [2.05, 4.69) is 0 Å². The van der Waals surface area contributed by atoms with Crippen molar-refractivity contribution >= 4 is 0 Å². The van der Waals surface area contributed by atoms with Gasteiger partial charge in [-0.2, -0.15) is 0 Å². The highest BCUT2D eigenvalue weighted by molar-refractivity contribution is 5.30. The lowest BCUT2D eigenvalue weighted by Gasteiger charge is -2.14. The minimum atomic E-state index is -0.529. The summed E-state index contributed by atoms with van der Waals surface area (Å²) < 4.78 is 15.8. The van der Waals surface area contributed by atoms with Crippen LogP contribution in [0.4, 0.5) is 0 Å². The first-order valence-corrected chi connectivity index (χ1v) is 6.65. The van der Waals surface area contributed by atoms with Crippen LogP contribution in [0.25, 0.3) is 0 Å². The van der Waals surface area contributed by atoms with Crippen LogP contribution >= 0.6 is 0 Å². The SMILES string of the molecule is COCCOCCC(O)c1cccc(OC(C)C)c1. The monoisotopic (exact) mass is 268 g/mol. The maximum atomic E-state index is 10.1. The quantitative estimate of drug-likeness (QED) is 0.699. The molecule has 4 heteroatoms. The van der Waals surface area contributed by atoms with E-state index in [1.807, 2.05) is 38.1 Å². The number of aliphatic hydroxyl groups is 1.